The maximum absolute atomic E-state index is 11.6. The number of aromatic nitrogens is 2. The molecule has 0 saturated heterocycles. The number of carbonyl (C=O) groups is 1. The van der Waals surface area contributed by atoms with Gasteiger partial charge in [-0.2, -0.15) is 0 Å². The molecule has 0 spiro atoms. The molecule has 2 aromatic rings. The number of ether oxygens (including phenoxy) is 1. The van der Waals surface area contributed by atoms with Crippen LogP contribution in [0.15, 0.2) is 12.1 Å². The third-order valence-electron chi connectivity index (χ3n) is 3.24. The Morgan fingerprint density at radius 3 is 2.75 bits per heavy atom. The van der Waals surface area contributed by atoms with Crippen LogP contribution in [0.3, 0.4) is 0 Å². The first-order valence-corrected chi connectivity index (χ1v) is 7.23. The number of esters is 1. The number of hydrogen-bond acceptors (Lipinski definition) is 5. The van der Waals surface area contributed by atoms with Crippen LogP contribution in [-0.2, 0) is 11.2 Å². The molecule has 0 radical (unpaired) electrons. The van der Waals surface area contributed by atoms with Gasteiger partial charge in [0.15, 0.2) is 5.69 Å². The van der Waals surface area contributed by atoms with Crippen LogP contribution in [-0.4, -0.2) is 22.6 Å². The van der Waals surface area contributed by atoms with Gasteiger partial charge in [-0.1, -0.05) is 0 Å². The number of nitrogens with two attached hydrogens (primary N) is 1. The third kappa shape index (κ3) is 2.70. The SMILES string of the molecule is COC(=O)c1nc(C)n(C(C)Cc2ccc(C)s2)c1N. The second-order valence-corrected chi connectivity index (χ2v) is 6.19. The molecule has 2 rings (SSSR count). The fraction of sp³-hybridized carbons (Fsp3) is 0.429. The monoisotopic (exact) mass is 293 g/mol. The summed E-state index contributed by atoms with van der Waals surface area (Å²) in [6.07, 6.45) is 0.862. The van der Waals surface area contributed by atoms with Gasteiger partial charge in [0.05, 0.1) is 7.11 Å². The number of hydrogen-bond donors (Lipinski definition) is 1. The van der Waals surface area contributed by atoms with Gasteiger partial charge in [0.25, 0.3) is 0 Å². The number of rotatable bonds is 4. The van der Waals surface area contributed by atoms with Crippen molar-refractivity contribution in [1.29, 1.82) is 0 Å². The molecule has 108 valence electrons. The Kier molecular flexibility index (Phi) is 4.13. The van der Waals surface area contributed by atoms with E-state index in [1.807, 2.05) is 11.5 Å². The van der Waals surface area contributed by atoms with Crippen molar-refractivity contribution >= 4 is 23.1 Å². The van der Waals surface area contributed by atoms with Crippen LogP contribution >= 0.6 is 11.3 Å². The van der Waals surface area contributed by atoms with Crippen LogP contribution in [0.25, 0.3) is 0 Å². The minimum Gasteiger partial charge on any atom is -0.464 e. The number of anilines is 1. The maximum atomic E-state index is 11.6. The highest BCUT2D eigenvalue weighted by molar-refractivity contribution is 7.11. The minimum atomic E-state index is -0.497. The minimum absolute atomic E-state index is 0.138. The summed E-state index contributed by atoms with van der Waals surface area (Å²) in [6, 6.07) is 4.37. The molecule has 0 bridgehead atoms. The second-order valence-electron chi connectivity index (χ2n) is 4.82. The topological polar surface area (TPSA) is 70.1 Å². The lowest BCUT2D eigenvalue weighted by molar-refractivity contribution is 0.0595. The molecule has 1 atom stereocenters. The molecular formula is C14H19N3O2S. The summed E-state index contributed by atoms with van der Waals surface area (Å²) in [5.74, 6) is 0.599. The summed E-state index contributed by atoms with van der Waals surface area (Å²) in [5, 5.41) is 0. The molecule has 2 N–H and O–H groups in total. The van der Waals surface area contributed by atoms with E-state index in [0.29, 0.717) is 5.82 Å². The van der Waals surface area contributed by atoms with Crippen molar-refractivity contribution in [1.82, 2.24) is 9.55 Å². The van der Waals surface area contributed by atoms with E-state index in [2.05, 4.69) is 31.0 Å². The van der Waals surface area contributed by atoms with E-state index in [1.54, 1.807) is 11.3 Å². The molecule has 0 aliphatic rings. The van der Waals surface area contributed by atoms with E-state index in [1.165, 1.54) is 16.9 Å². The lowest BCUT2D eigenvalue weighted by Crippen LogP contribution is -2.13. The Morgan fingerprint density at radius 1 is 1.50 bits per heavy atom. The first kappa shape index (κ1) is 14.6. The van der Waals surface area contributed by atoms with E-state index in [-0.39, 0.29) is 11.7 Å². The number of nitrogen functional groups attached to an aromatic ring is 1. The molecule has 0 aliphatic heterocycles. The van der Waals surface area contributed by atoms with Crippen LogP contribution in [0.5, 0.6) is 0 Å². The molecular weight excluding hydrogens is 274 g/mol. The van der Waals surface area contributed by atoms with Gasteiger partial charge in [0, 0.05) is 22.2 Å². The molecule has 5 nitrogen and oxygen atoms in total. The van der Waals surface area contributed by atoms with Crippen LogP contribution in [0.1, 0.15) is 39.0 Å². The third-order valence-corrected chi connectivity index (χ3v) is 4.26. The van der Waals surface area contributed by atoms with E-state index in [0.717, 1.165) is 12.2 Å². The first-order valence-electron chi connectivity index (χ1n) is 6.42. The smallest absolute Gasteiger partial charge is 0.360 e. The summed E-state index contributed by atoms with van der Waals surface area (Å²) < 4.78 is 6.58. The number of imidazole rings is 1. The van der Waals surface area contributed by atoms with Crippen molar-refractivity contribution in [2.24, 2.45) is 0 Å². The summed E-state index contributed by atoms with van der Waals surface area (Å²) >= 11 is 1.77. The van der Waals surface area contributed by atoms with E-state index in [4.69, 9.17) is 10.5 Å². The Balaban J connectivity index is 2.28. The zero-order chi connectivity index (χ0) is 14.9. The number of methoxy groups -OCH3 is 1. The second kappa shape index (κ2) is 5.66. The predicted octanol–water partition coefficient (Wildman–Crippen LogP) is 2.73. The molecule has 0 aromatic carbocycles. The number of carbonyl (C=O) groups excluding carboxylic acids is 1. The molecule has 2 heterocycles. The van der Waals surface area contributed by atoms with Crippen molar-refractivity contribution < 1.29 is 9.53 Å². The van der Waals surface area contributed by atoms with Crippen molar-refractivity contribution in [3.8, 4) is 0 Å². The van der Waals surface area contributed by atoms with E-state index < -0.39 is 5.97 Å². The molecule has 2 aromatic heterocycles. The zero-order valence-corrected chi connectivity index (χ0v) is 13.0. The highest BCUT2D eigenvalue weighted by atomic mass is 32.1. The Bertz CT molecular complexity index is 630. The van der Waals surface area contributed by atoms with Crippen molar-refractivity contribution in [2.45, 2.75) is 33.2 Å². The maximum Gasteiger partial charge on any atom is 0.360 e. The van der Waals surface area contributed by atoms with Gasteiger partial charge in [-0.3, -0.25) is 0 Å². The average molecular weight is 293 g/mol. The van der Waals surface area contributed by atoms with Gasteiger partial charge in [0.1, 0.15) is 11.6 Å². The number of thiophene rings is 1. The quantitative estimate of drug-likeness (QED) is 0.880. The Morgan fingerprint density at radius 2 is 2.20 bits per heavy atom. The van der Waals surface area contributed by atoms with Gasteiger partial charge in [-0.05, 0) is 32.9 Å². The summed E-state index contributed by atoms with van der Waals surface area (Å²) in [6.45, 7) is 6.01. The van der Waals surface area contributed by atoms with Crippen molar-refractivity contribution in [2.75, 3.05) is 12.8 Å². The Labute approximate surface area is 122 Å². The highest BCUT2D eigenvalue weighted by Gasteiger charge is 2.22. The van der Waals surface area contributed by atoms with Crippen molar-refractivity contribution in [3.63, 3.8) is 0 Å². The predicted molar refractivity (Wildman–Crippen MR) is 80.2 cm³/mol. The van der Waals surface area contributed by atoms with Crippen LogP contribution < -0.4 is 5.73 Å². The van der Waals surface area contributed by atoms with Crippen molar-refractivity contribution in [3.05, 3.63) is 33.4 Å². The standard InChI is InChI=1S/C14H19N3O2S/c1-8(7-11-6-5-9(2)20-11)17-10(3)16-12(13(17)15)14(18)19-4/h5-6,8H,7,15H2,1-4H3. The molecule has 0 aliphatic carbocycles. The number of nitrogens with zero attached hydrogens (tertiary/aromatic N) is 2. The molecule has 0 amide bonds. The summed E-state index contributed by atoms with van der Waals surface area (Å²) in [5.41, 5.74) is 6.24. The van der Waals surface area contributed by atoms with Crippen LogP contribution in [0.2, 0.25) is 0 Å². The van der Waals surface area contributed by atoms with Crippen LogP contribution in [0.4, 0.5) is 5.82 Å². The van der Waals surface area contributed by atoms with Gasteiger partial charge in [-0.15, -0.1) is 11.3 Å². The van der Waals surface area contributed by atoms with Gasteiger partial charge >= 0.3 is 5.97 Å². The zero-order valence-electron chi connectivity index (χ0n) is 12.1. The first-order chi connectivity index (χ1) is 9.43. The average Bonchev–Trinajstić information content (AvgIpc) is 2.92. The fourth-order valence-electron chi connectivity index (χ4n) is 2.34. The number of aryl methyl sites for hydroxylation is 2. The molecule has 0 fully saturated rings. The molecule has 20 heavy (non-hydrogen) atoms. The van der Waals surface area contributed by atoms with Gasteiger partial charge in [0.2, 0.25) is 0 Å². The van der Waals surface area contributed by atoms with E-state index >= 15 is 0 Å². The normalized spacial score (nSPS) is 12.4. The molecule has 1 unspecified atom stereocenters. The van der Waals surface area contributed by atoms with E-state index in [9.17, 15) is 4.79 Å². The highest BCUT2D eigenvalue weighted by Crippen LogP contribution is 2.26. The molecule has 0 saturated carbocycles. The van der Waals surface area contributed by atoms with Crippen LogP contribution in [0, 0.1) is 13.8 Å². The lowest BCUT2D eigenvalue weighted by Gasteiger charge is -2.16. The largest absolute Gasteiger partial charge is 0.464 e. The summed E-state index contributed by atoms with van der Waals surface area (Å²) in [4.78, 5) is 18.4. The Hall–Kier alpha value is -1.82. The van der Waals surface area contributed by atoms with Gasteiger partial charge in [-0.25, -0.2) is 9.78 Å². The van der Waals surface area contributed by atoms with Gasteiger partial charge < -0.3 is 15.0 Å². The summed E-state index contributed by atoms with van der Waals surface area (Å²) in [7, 11) is 1.33. The molecule has 6 heteroatoms. The lowest BCUT2D eigenvalue weighted by atomic mass is 10.2. The fourth-order valence-corrected chi connectivity index (χ4v) is 3.35.